The number of aromatic amines is 1. The Balaban J connectivity index is 1.68. The molecule has 1 fully saturated rings. The number of nitrogens with zero attached hydrogens (tertiary/aromatic N) is 1. The topological polar surface area (TPSA) is 143 Å². The van der Waals surface area contributed by atoms with Gasteiger partial charge in [0, 0.05) is 18.7 Å². The molecule has 0 spiro atoms. The molecule has 192 valence electrons. The van der Waals surface area contributed by atoms with Crippen molar-refractivity contribution in [3.63, 3.8) is 0 Å². The van der Waals surface area contributed by atoms with Crippen molar-refractivity contribution in [1.82, 2.24) is 9.55 Å². The van der Waals surface area contributed by atoms with Gasteiger partial charge in [-0.3, -0.25) is 19.1 Å². The molecule has 4 rings (SSSR count). The van der Waals surface area contributed by atoms with Gasteiger partial charge in [-0.05, 0) is 31.2 Å². The van der Waals surface area contributed by atoms with Crippen LogP contribution in [0.3, 0.4) is 0 Å². The van der Waals surface area contributed by atoms with E-state index in [0.717, 1.165) is 11.5 Å². The van der Waals surface area contributed by atoms with Gasteiger partial charge in [-0.1, -0.05) is 36.4 Å². The minimum atomic E-state index is -1.32. The van der Waals surface area contributed by atoms with Crippen molar-refractivity contribution in [2.24, 2.45) is 0 Å². The van der Waals surface area contributed by atoms with E-state index in [0.29, 0.717) is 5.56 Å². The fourth-order valence-electron chi connectivity index (χ4n) is 3.88. The molecule has 2 heterocycles. The minimum Gasteiger partial charge on any atom is -0.459 e. The molecule has 1 aliphatic rings. The normalized spacial score (nSPS) is 20.7. The molecule has 3 aromatic rings. The molecule has 1 aliphatic heterocycles. The van der Waals surface area contributed by atoms with Crippen LogP contribution in [-0.4, -0.2) is 52.4 Å². The van der Waals surface area contributed by atoms with Crippen molar-refractivity contribution in [3.05, 3.63) is 104 Å². The third kappa shape index (κ3) is 5.84. The van der Waals surface area contributed by atoms with Crippen molar-refractivity contribution < 1.29 is 33.3 Å². The van der Waals surface area contributed by atoms with E-state index in [-0.39, 0.29) is 17.7 Å². The maximum atomic E-state index is 12.9. The SMILES string of the molecule is CC(=O)O[C@H]1[C@H](OC(=O)c2ccccc2)[C@H](n2cc(C)c(=O)[nH]c2=O)O[C@@H]1COC(=O)c1ccccc1. The number of hydrogen-bond acceptors (Lipinski definition) is 9. The number of carbonyl (C=O) groups is 3. The lowest BCUT2D eigenvalue weighted by atomic mass is 10.1. The Morgan fingerprint density at radius 1 is 0.892 bits per heavy atom. The summed E-state index contributed by atoms with van der Waals surface area (Å²) in [5.41, 5.74) is -0.724. The highest BCUT2D eigenvalue weighted by molar-refractivity contribution is 5.90. The van der Waals surface area contributed by atoms with Gasteiger partial charge in [-0.15, -0.1) is 0 Å². The molecule has 1 saturated heterocycles. The highest BCUT2D eigenvalue weighted by Crippen LogP contribution is 2.34. The van der Waals surface area contributed by atoms with Gasteiger partial charge in [-0.25, -0.2) is 14.4 Å². The molecular formula is C26H24N2O9. The average molecular weight is 508 g/mol. The van der Waals surface area contributed by atoms with Crippen LogP contribution in [0.15, 0.2) is 76.4 Å². The van der Waals surface area contributed by atoms with E-state index in [1.807, 2.05) is 0 Å². The quantitative estimate of drug-likeness (QED) is 0.373. The molecular weight excluding hydrogens is 484 g/mol. The lowest BCUT2D eigenvalue weighted by Crippen LogP contribution is -2.43. The Hall–Kier alpha value is -4.51. The van der Waals surface area contributed by atoms with E-state index >= 15 is 0 Å². The summed E-state index contributed by atoms with van der Waals surface area (Å²) in [5.74, 6) is -2.11. The van der Waals surface area contributed by atoms with Crippen molar-refractivity contribution in [2.75, 3.05) is 6.61 Å². The largest absolute Gasteiger partial charge is 0.459 e. The predicted molar refractivity (Wildman–Crippen MR) is 128 cm³/mol. The second kappa shape index (κ2) is 11.0. The number of aromatic nitrogens is 2. The minimum absolute atomic E-state index is 0.194. The first kappa shape index (κ1) is 25.6. The molecule has 0 bridgehead atoms. The molecule has 1 N–H and O–H groups in total. The standard InChI is InChI=1S/C26H24N2O9/c1-15-13-28(26(33)27-22(15)30)23-21(37-25(32)18-11-7-4-8-12-18)20(35-16(2)29)19(36-23)14-34-24(31)17-9-5-3-6-10-17/h3-13,19-21,23H,14H2,1-2H3,(H,27,30,33)/t19-,20-,21+,23-/m1/s1. The molecule has 0 aliphatic carbocycles. The van der Waals surface area contributed by atoms with E-state index in [4.69, 9.17) is 18.9 Å². The molecule has 2 aromatic carbocycles. The summed E-state index contributed by atoms with van der Waals surface area (Å²) in [6.45, 7) is 2.27. The fraction of sp³-hybridized carbons (Fsp3) is 0.269. The first-order chi connectivity index (χ1) is 17.7. The van der Waals surface area contributed by atoms with Crippen molar-refractivity contribution >= 4 is 17.9 Å². The molecule has 0 unspecified atom stereocenters. The van der Waals surface area contributed by atoms with Crippen molar-refractivity contribution in [3.8, 4) is 0 Å². The third-order valence-electron chi connectivity index (χ3n) is 5.65. The summed E-state index contributed by atoms with van der Waals surface area (Å²) in [7, 11) is 0. The summed E-state index contributed by atoms with van der Waals surface area (Å²) >= 11 is 0. The van der Waals surface area contributed by atoms with Gasteiger partial charge in [0.2, 0.25) is 0 Å². The Bertz CT molecular complexity index is 1400. The number of ether oxygens (including phenoxy) is 4. The summed E-state index contributed by atoms with van der Waals surface area (Å²) < 4.78 is 23.5. The van der Waals surface area contributed by atoms with Crippen LogP contribution in [0.4, 0.5) is 0 Å². The van der Waals surface area contributed by atoms with Gasteiger partial charge in [0.05, 0.1) is 11.1 Å². The zero-order valence-corrected chi connectivity index (χ0v) is 20.0. The Kier molecular flexibility index (Phi) is 7.63. The Morgan fingerprint density at radius 2 is 1.49 bits per heavy atom. The number of aryl methyl sites for hydroxylation is 1. The van der Waals surface area contributed by atoms with Crippen LogP contribution in [0.2, 0.25) is 0 Å². The van der Waals surface area contributed by atoms with Gasteiger partial charge in [0.15, 0.2) is 18.4 Å². The number of carbonyl (C=O) groups excluding carboxylic acids is 3. The number of hydrogen-bond donors (Lipinski definition) is 1. The van der Waals surface area contributed by atoms with E-state index < -0.39 is 53.7 Å². The fourth-order valence-corrected chi connectivity index (χ4v) is 3.88. The summed E-state index contributed by atoms with van der Waals surface area (Å²) in [6, 6.07) is 16.3. The number of rotatable bonds is 7. The second-order valence-electron chi connectivity index (χ2n) is 8.32. The van der Waals surface area contributed by atoms with Crippen LogP contribution in [0, 0.1) is 6.92 Å². The van der Waals surface area contributed by atoms with E-state index in [1.165, 1.54) is 25.3 Å². The van der Waals surface area contributed by atoms with Gasteiger partial charge < -0.3 is 18.9 Å². The molecule has 4 atom stereocenters. The van der Waals surface area contributed by atoms with Crippen LogP contribution in [0.25, 0.3) is 0 Å². The molecule has 0 amide bonds. The molecule has 0 saturated carbocycles. The first-order valence-corrected chi connectivity index (χ1v) is 11.4. The first-order valence-electron chi connectivity index (χ1n) is 11.4. The lowest BCUT2D eigenvalue weighted by Gasteiger charge is -2.24. The van der Waals surface area contributed by atoms with Gasteiger partial charge >= 0.3 is 23.6 Å². The highest BCUT2D eigenvalue weighted by Gasteiger charge is 2.51. The van der Waals surface area contributed by atoms with Crippen LogP contribution < -0.4 is 11.2 Å². The summed E-state index contributed by atoms with van der Waals surface area (Å²) in [5, 5.41) is 0. The maximum absolute atomic E-state index is 12.9. The number of nitrogens with one attached hydrogen (secondary N) is 1. The number of esters is 3. The smallest absolute Gasteiger partial charge is 0.338 e. The highest BCUT2D eigenvalue weighted by atomic mass is 16.7. The zero-order chi connectivity index (χ0) is 26.5. The van der Waals surface area contributed by atoms with E-state index in [2.05, 4.69) is 4.98 Å². The third-order valence-corrected chi connectivity index (χ3v) is 5.65. The number of benzene rings is 2. The number of H-pyrrole nitrogens is 1. The second-order valence-corrected chi connectivity index (χ2v) is 8.32. The predicted octanol–water partition coefficient (Wildman–Crippen LogP) is 1.76. The van der Waals surface area contributed by atoms with Gasteiger partial charge in [0.1, 0.15) is 12.7 Å². The van der Waals surface area contributed by atoms with E-state index in [9.17, 15) is 24.0 Å². The summed E-state index contributed by atoms with van der Waals surface area (Å²) in [4.78, 5) is 64.1. The maximum Gasteiger partial charge on any atom is 0.338 e. The van der Waals surface area contributed by atoms with Crippen LogP contribution in [0.1, 0.15) is 39.4 Å². The average Bonchev–Trinajstić information content (AvgIpc) is 3.21. The van der Waals surface area contributed by atoms with Crippen LogP contribution in [0.5, 0.6) is 0 Å². The van der Waals surface area contributed by atoms with Crippen molar-refractivity contribution in [2.45, 2.75) is 38.4 Å². The molecule has 37 heavy (non-hydrogen) atoms. The van der Waals surface area contributed by atoms with Crippen LogP contribution >= 0.6 is 0 Å². The molecule has 1 aromatic heterocycles. The molecule has 11 nitrogen and oxygen atoms in total. The molecule has 0 radical (unpaired) electrons. The molecule has 11 heteroatoms. The van der Waals surface area contributed by atoms with Gasteiger partial charge in [0.25, 0.3) is 5.56 Å². The Morgan fingerprint density at radius 3 is 2.08 bits per heavy atom. The van der Waals surface area contributed by atoms with E-state index in [1.54, 1.807) is 48.5 Å². The zero-order valence-electron chi connectivity index (χ0n) is 20.0. The Labute approximate surface area is 210 Å². The lowest BCUT2D eigenvalue weighted by molar-refractivity contribution is -0.154. The summed E-state index contributed by atoms with van der Waals surface area (Å²) in [6.07, 6.45) is -3.72. The van der Waals surface area contributed by atoms with Crippen molar-refractivity contribution in [1.29, 1.82) is 0 Å². The van der Waals surface area contributed by atoms with Crippen LogP contribution in [-0.2, 0) is 23.7 Å². The monoisotopic (exact) mass is 508 g/mol. The van der Waals surface area contributed by atoms with Gasteiger partial charge in [-0.2, -0.15) is 0 Å².